The number of Topliss-reactive ketones (excluding diaryl/α,β-unsaturated/α-hetero) is 1. The lowest BCUT2D eigenvalue weighted by Crippen LogP contribution is -2.63. The maximum atomic E-state index is 13.0. The summed E-state index contributed by atoms with van der Waals surface area (Å²) in [7, 11) is 0. The molecule has 2 amide bonds. The largest absolute Gasteiger partial charge is 0.354 e. The zero-order valence-corrected chi connectivity index (χ0v) is 25.6. The van der Waals surface area contributed by atoms with Crippen LogP contribution in [0.4, 0.5) is 10.6 Å². The molecule has 6 N–H and O–H groups in total. The van der Waals surface area contributed by atoms with Gasteiger partial charge in [-0.05, 0) is 75.1 Å². The van der Waals surface area contributed by atoms with Gasteiger partial charge in [0, 0.05) is 51.0 Å². The zero-order chi connectivity index (χ0) is 29.3. The maximum absolute atomic E-state index is 13.0. The number of carbonyl (C=O) groups excluding carboxylic acids is 2. The highest BCUT2D eigenvalue weighted by atomic mass is 35.5. The van der Waals surface area contributed by atoms with Crippen molar-refractivity contribution < 1.29 is 9.59 Å². The minimum atomic E-state index is -1.07. The van der Waals surface area contributed by atoms with Crippen LogP contribution in [0, 0.1) is 11.8 Å². The fraction of sp³-hybridized carbons (Fsp3) is 0.600. The molecule has 3 aliphatic rings. The molecule has 0 bridgehead atoms. The normalized spacial score (nSPS) is 25.0. The number of fused-ring (bicyclic) bond motifs is 1. The topological polar surface area (TPSA) is 152 Å². The van der Waals surface area contributed by atoms with Gasteiger partial charge in [0.15, 0.2) is 5.78 Å². The molecule has 1 aromatic heterocycles. The summed E-state index contributed by atoms with van der Waals surface area (Å²) in [5.74, 6) is 1.28. The summed E-state index contributed by atoms with van der Waals surface area (Å²) in [5.41, 5.74) is 12.7. The summed E-state index contributed by atoms with van der Waals surface area (Å²) in [6, 6.07) is 9.24. The number of hydrogen-bond acceptors (Lipinski definition) is 8. The smallest absolute Gasteiger partial charge is 0.327 e. The van der Waals surface area contributed by atoms with Gasteiger partial charge in [0.05, 0.1) is 11.2 Å². The van der Waals surface area contributed by atoms with Gasteiger partial charge in [-0.1, -0.05) is 19.1 Å². The molecule has 2 aromatic rings. The van der Waals surface area contributed by atoms with Gasteiger partial charge in [0.25, 0.3) is 0 Å². The third kappa shape index (κ3) is 6.86. The molecule has 0 spiro atoms. The quantitative estimate of drug-likeness (QED) is 0.358. The number of carbonyl (C=O) groups is 2. The van der Waals surface area contributed by atoms with E-state index in [0.717, 1.165) is 38.3 Å². The Hall–Kier alpha value is -2.83. The van der Waals surface area contributed by atoms with Crippen LogP contribution in [-0.4, -0.2) is 87.6 Å². The van der Waals surface area contributed by atoms with E-state index in [9.17, 15) is 14.4 Å². The molecule has 230 valence electrons. The van der Waals surface area contributed by atoms with Gasteiger partial charge in [-0.15, -0.1) is 12.4 Å². The van der Waals surface area contributed by atoms with Crippen LogP contribution in [0.2, 0.25) is 0 Å². The van der Waals surface area contributed by atoms with Gasteiger partial charge < -0.3 is 21.7 Å². The first-order valence-corrected chi connectivity index (χ1v) is 14.8. The second-order valence-corrected chi connectivity index (χ2v) is 12.4. The Balaban J connectivity index is 0.00000405. The van der Waals surface area contributed by atoms with E-state index in [1.165, 1.54) is 21.5 Å². The van der Waals surface area contributed by atoms with E-state index in [1.54, 1.807) is 26.1 Å². The van der Waals surface area contributed by atoms with Gasteiger partial charge in [0.1, 0.15) is 11.9 Å². The summed E-state index contributed by atoms with van der Waals surface area (Å²) >= 11 is 0. The van der Waals surface area contributed by atoms with E-state index < -0.39 is 23.3 Å². The van der Waals surface area contributed by atoms with E-state index in [1.807, 2.05) is 12.1 Å². The Morgan fingerprint density at radius 1 is 1.17 bits per heavy atom. The number of rotatable bonds is 8. The predicted molar refractivity (Wildman–Crippen MR) is 166 cm³/mol. The van der Waals surface area contributed by atoms with Crippen molar-refractivity contribution in [2.75, 3.05) is 38.0 Å². The van der Waals surface area contributed by atoms with Gasteiger partial charge in [0.2, 0.25) is 0 Å². The van der Waals surface area contributed by atoms with Crippen molar-refractivity contribution in [3.8, 4) is 5.69 Å². The molecule has 1 aliphatic carbocycles. The Morgan fingerprint density at radius 3 is 2.55 bits per heavy atom. The molecule has 2 aliphatic heterocycles. The monoisotopic (exact) mass is 600 g/mol. The van der Waals surface area contributed by atoms with Crippen molar-refractivity contribution >= 4 is 30.0 Å². The number of hydrogen-bond donors (Lipinski definition) is 4. The molecular formula is C30H45ClN8O3. The Bertz CT molecular complexity index is 1310. The number of piperazine rings is 1. The third-order valence-corrected chi connectivity index (χ3v) is 9.09. The summed E-state index contributed by atoms with van der Waals surface area (Å²) in [4.78, 5) is 46.9. The fourth-order valence-electron chi connectivity index (χ4n) is 6.70. The summed E-state index contributed by atoms with van der Waals surface area (Å²) in [6.07, 6.45) is 6.06. The maximum Gasteiger partial charge on any atom is 0.354 e. The average molecular weight is 601 g/mol. The van der Waals surface area contributed by atoms with E-state index in [4.69, 9.17) is 11.5 Å². The minimum absolute atomic E-state index is 0. The van der Waals surface area contributed by atoms with Crippen molar-refractivity contribution in [1.29, 1.82) is 0 Å². The van der Waals surface area contributed by atoms with Crippen molar-refractivity contribution in [3.63, 3.8) is 0 Å². The standard InChI is InChI=1S/C30H44N8O3.ClH/c1-4-21(36-17-20-7-10-24(31)23(20)18-36)15-19-5-8-22(9-6-19)37-13-11-26(34-28(37)40)35-29(41)38-14-12-33-16-25(38)27(39)30(2,3)32;/h5-6,8-9,11,13,20-21,23-25,33H,4,7,10,12,14-18,31-32H2,1-3H3,(H,34,35,40,41);1H. The molecule has 12 heteroatoms. The van der Waals surface area contributed by atoms with Crippen LogP contribution in [0.3, 0.4) is 0 Å². The summed E-state index contributed by atoms with van der Waals surface area (Å²) in [6.45, 7) is 8.97. The summed E-state index contributed by atoms with van der Waals surface area (Å²) in [5, 5.41) is 5.82. The summed E-state index contributed by atoms with van der Waals surface area (Å²) < 4.78 is 1.45. The lowest BCUT2D eigenvalue weighted by molar-refractivity contribution is -0.127. The van der Waals surface area contributed by atoms with Gasteiger partial charge >= 0.3 is 11.7 Å². The molecule has 5 unspecified atom stereocenters. The predicted octanol–water partition coefficient (Wildman–Crippen LogP) is 1.76. The Kier molecular flexibility index (Phi) is 10.1. The highest BCUT2D eigenvalue weighted by Gasteiger charge is 2.42. The fourth-order valence-corrected chi connectivity index (χ4v) is 6.70. The molecule has 5 atom stereocenters. The van der Waals surface area contributed by atoms with Gasteiger partial charge in [-0.25, -0.2) is 9.59 Å². The number of aromatic nitrogens is 2. The molecule has 2 saturated heterocycles. The first-order chi connectivity index (χ1) is 19.5. The number of nitrogens with two attached hydrogens (primary N) is 2. The lowest BCUT2D eigenvalue weighted by atomic mass is 9.93. The number of benzene rings is 1. The number of ketones is 1. The first-order valence-electron chi connectivity index (χ1n) is 14.8. The van der Waals surface area contributed by atoms with Crippen LogP contribution in [0.15, 0.2) is 41.3 Å². The van der Waals surface area contributed by atoms with Crippen LogP contribution in [0.25, 0.3) is 5.69 Å². The number of nitrogens with zero attached hydrogens (tertiary/aromatic N) is 4. The molecule has 0 radical (unpaired) electrons. The molecule has 42 heavy (non-hydrogen) atoms. The van der Waals surface area contributed by atoms with Gasteiger partial charge in [-0.2, -0.15) is 4.98 Å². The van der Waals surface area contributed by atoms with E-state index in [2.05, 4.69) is 39.6 Å². The lowest BCUT2D eigenvalue weighted by Gasteiger charge is -2.37. The average Bonchev–Trinajstić information content (AvgIpc) is 3.53. The minimum Gasteiger partial charge on any atom is -0.327 e. The van der Waals surface area contributed by atoms with E-state index in [-0.39, 0.29) is 24.0 Å². The second kappa shape index (κ2) is 13.2. The number of halogens is 1. The van der Waals surface area contributed by atoms with Gasteiger partial charge in [-0.3, -0.25) is 19.6 Å². The number of likely N-dealkylation sites (tertiary alicyclic amines) is 1. The molecular weight excluding hydrogens is 556 g/mol. The molecule has 3 fully saturated rings. The van der Waals surface area contributed by atoms with Crippen LogP contribution in [0.5, 0.6) is 0 Å². The van der Waals surface area contributed by atoms with Crippen LogP contribution >= 0.6 is 12.4 Å². The second-order valence-electron chi connectivity index (χ2n) is 12.4. The first kappa shape index (κ1) is 32.1. The Labute approximate surface area is 253 Å². The number of amides is 2. The molecule has 3 heterocycles. The van der Waals surface area contributed by atoms with Crippen molar-refractivity contribution in [1.82, 2.24) is 24.7 Å². The molecule has 5 rings (SSSR count). The van der Waals surface area contributed by atoms with Crippen LogP contribution < -0.4 is 27.8 Å². The van der Waals surface area contributed by atoms with E-state index in [0.29, 0.717) is 43.3 Å². The van der Waals surface area contributed by atoms with E-state index >= 15 is 0 Å². The van der Waals surface area contributed by atoms with Crippen LogP contribution in [0.1, 0.15) is 45.6 Å². The number of urea groups is 1. The molecule has 11 nitrogen and oxygen atoms in total. The zero-order valence-electron chi connectivity index (χ0n) is 24.8. The number of nitrogens with one attached hydrogen (secondary N) is 2. The van der Waals surface area contributed by atoms with Crippen molar-refractivity contribution in [3.05, 3.63) is 52.6 Å². The SMILES string of the molecule is CCC(Cc1ccc(-n2ccc(NC(=O)N3CCNCC3C(=O)C(C)(C)N)nc2=O)cc1)N1CC2CCC(N)C2C1.Cl. The van der Waals surface area contributed by atoms with Crippen molar-refractivity contribution in [2.24, 2.45) is 23.3 Å². The third-order valence-electron chi connectivity index (χ3n) is 9.09. The highest BCUT2D eigenvalue weighted by molar-refractivity contribution is 5.97. The van der Waals surface area contributed by atoms with Crippen LogP contribution in [-0.2, 0) is 11.2 Å². The molecule has 1 saturated carbocycles. The highest BCUT2D eigenvalue weighted by Crippen LogP contribution is 2.38. The Morgan fingerprint density at radius 2 is 1.90 bits per heavy atom. The molecule has 1 aromatic carbocycles. The number of anilines is 1. The van der Waals surface area contributed by atoms with Crippen molar-refractivity contribution in [2.45, 2.75) is 70.1 Å².